The molecule has 0 saturated carbocycles. The molecule has 20 heavy (non-hydrogen) atoms. The maximum absolute atomic E-state index is 14.2. The molecular formula is C14H13F3N2O. The highest BCUT2D eigenvalue weighted by molar-refractivity contribution is 5.39. The summed E-state index contributed by atoms with van der Waals surface area (Å²) in [6, 6.07) is 6.54. The number of ether oxygens (including phenoxy) is 1. The van der Waals surface area contributed by atoms with E-state index in [1.807, 2.05) is 0 Å². The maximum atomic E-state index is 14.2. The third kappa shape index (κ3) is 2.48. The lowest BCUT2D eigenvalue weighted by Gasteiger charge is -2.19. The van der Waals surface area contributed by atoms with E-state index < -0.39 is 23.5 Å². The van der Waals surface area contributed by atoms with E-state index >= 15 is 0 Å². The van der Waals surface area contributed by atoms with E-state index in [0.29, 0.717) is 0 Å². The van der Waals surface area contributed by atoms with Crippen LogP contribution in [0.5, 0.6) is 5.75 Å². The van der Waals surface area contributed by atoms with Crippen molar-refractivity contribution in [3.05, 3.63) is 65.0 Å². The Morgan fingerprint density at radius 3 is 2.20 bits per heavy atom. The molecule has 0 aliphatic rings. The van der Waals surface area contributed by atoms with Gasteiger partial charge in [0, 0.05) is 11.1 Å². The molecular weight excluding hydrogens is 269 g/mol. The number of methoxy groups -OCH3 is 1. The van der Waals surface area contributed by atoms with Gasteiger partial charge in [-0.05, 0) is 18.2 Å². The Kier molecular flexibility index (Phi) is 4.26. The number of rotatable bonds is 4. The van der Waals surface area contributed by atoms with Crippen LogP contribution in [0.15, 0.2) is 36.4 Å². The molecule has 0 fully saturated rings. The predicted octanol–water partition coefficient (Wildman–Crippen LogP) is 2.67. The van der Waals surface area contributed by atoms with Crippen molar-refractivity contribution >= 4 is 0 Å². The van der Waals surface area contributed by atoms with Crippen LogP contribution in [0.3, 0.4) is 0 Å². The zero-order chi connectivity index (χ0) is 14.7. The van der Waals surface area contributed by atoms with Gasteiger partial charge in [0.05, 0.1) is 13.2 Å². The van der Waals surface area contributed by atoms with Crippen molar-refractivity contribution in [3.8, 4) is 5.75 Å². The van der Waals surface area contributed by atoms with Crippen LogP contribution in [-0.2, 0) is 0 Å². The zero-order valence-electron chi connectivity index (χ0n) is 10.7. The molecule has 0 aliphatic heterocycles. The standard InChI is InChI=1S/C14H13F3N2O/c1-20-11-7-2-4-8(13(11)17)14(19-18)12-9(15)5-3-6-10(12)16/h2-7,14,19H,18H2,1H3. The second-order valence-electron chi connectivity index (χ2n) is 4.10. The Bertz CT molecular complexity index is 599. The molecule has 2 aromatic carbocycles. The van der Waals surface area contributed by atoms with Crippen molar-refractivity contribution in [2.75, 3.05) is 7.11 Å². The van der Waals surface area contributed by atoms with Crippen LogP contribution in [0.2, 0.25) is 0 Å². The number of hydrogen-bond acceptors (Lipinski definition) is 3. The van der Waals surface area contributed by atoms with Crippen molar-refractivity contribution < 1.29 is 17.9 Å². The second kappa shape index (κ2) is 5.94. The molecule has 106 valence electrons. The normalized spacial score (nSPS) is 12.2. The molecule has 2 aromatic rings. The van der Waals surface area contributed by atoms with E-state index in [9.17, 15) is 13.2 Å². The van der Waals surface area contributed by atoms with Crippen molar-refractivity contribution in [2.24, 2.45) is 5.84 Å². The molecule has 2 rings (SSSR count). The molecule has 0 heterocycles. The minimum Gasteiger partial charge on any atom is -0.494 e. The third-order valence-corrected chi connectivity index (χ3v) is 2.98. The Morgan fingerprint density at radius 1 is 1.05 bits per heavy atom. The Hall–Kier alpha value is -2.05. The number of hydrazine groups is 1. The summed E-state index contributed by atoms with van der Waals surface area (Å²) in [6.45, 7) is 0. The molecule has 0 spiro atoms. The fourth-order valence-electron chi connectivity index (χ4n) is 2.02. The summed E-state index contributed by atoms with van der Waals surface area (Å²) < 4.78 is 46.6. The Morgan fingerprint density at radius 2 is 1.65 bits per heavy atom. The number of nitrogens with two attached hydrogens (primary N) is 1. The van der Waals surface area contributed by atoms with Gasteiger partial charge in [-0.1, -0.05) is 18.2 Å². The summed E-state index contributed by atoms with van der Waals surface area (Å²) in [6.07, 6.45) is 0. The third-order valence-electron chi connectivity index (χ3n) is 2.98. The molecule has 0 aliphatic carbocycles. The van der Waals surface area contributed by atoms with Crippen LogP contribution in [0.25, 0.3) is 0 Å². The van der Waals surface area contributed by atoms with Gasteiger partial charge in [-0.3, -0.25) is 5.84 Å². The first-order chi connectivity index (χ1) is 9.60. The zero-order valence-corrected chi connectivity index (χ0v) is 10.7. The first-order valence-electron chi connectivity index (χ1n) is 5.82. The van der Waals surface area contributed by atoms with E-state index in [1.54, 1.807) is 0 Å². The first kappa shape index (κ1) is 14.4. The van der Waals surface area contributed by atoms with Crippen molar-refractivity contribution in [2.45, 2.75) is 6.04 Å². The second-order valence-corrected chi connectivity index (χ2v) is 4.10. The quantitative estimate of drug-likeness (QED) is 0.669. The van der Waals surface area contributed by atoms with E-state index in [0.717, 1.165) is 12.1 Å². The van der Waals surface area contributed by atoms with Crippen LogP contribution < -0.4 is 16.0 Å². The van der Waals surface area contributed by atoms with Gasteiger partial charge in [-0.2, -0.15) is 0 Å². The number of benzene rings is 2. The molecule has 0 radical (unpaired) electrons. The van der Waals surface area contributed by atoms with Crippen LogP contribution in [0.4, 0.5) is 13.2 Å². The van der Waals surface area contributed by atoms with Crippen LogP contribution >= 0.6 is 0 Å². The summed E-state index contributed by atoms with van der Waals surface area (Å²) in [5.74, 6) is 2.97. The lowest BCUT2D eigenvalue weighted by molar-refractivity contribution is 0.380. The van der Waals surface area contributed by atoms with Gasteiger partial charge in [0.25, 0.3) is 0 Å². The Labute approximate surface area is 114 Å². The molecule has 0 amide bonds. The minimum atomic E-state index is -1.16. The summed E-state index contributed by atoms with van der Waals surface area (Å²) in [4.78, 5) is 0. The van der Waals surface area contributed by atoms with E-state index in [4.69, 9.17) is 10.6 Å². The van der Waals surface area contributed by atoms with Gasteiger partial charge in [-0.25, -0.2) is 18.6 Å². The van der Waals surface area contributed by atoms with Crippen LogP contribution in [0.1, 0.15) is 17.2 Å². The number of hydrogen-bond donors (Lipinski definition) is 2. The fourth-order valence-corrected chi connectivity index (χ4v) is 2.02. The highest BCUT2D eigenvalue weighted by Gasteiger charge is 2.24. The van der Waals surface area contributed by atoms with Crippen molar-refractivity contribution in [3.63, 3.8) is 0 Å². The van der Waals surface area contributed by atoms with Gasteiger partial charge in [0.15, 0.2) is 11.6 Å². The van der Waals surface area contributed by atoms with E-state index in [-0.39, 0.29) is 16.9 Å². The SMILES string of the molecule is COc1cccc(C(NN)c2c(F)cccc2F)c1F. The molecule has 3 N–H and O–H groups in total. The molecule has 6 heteroatoms. The minimum absolute atomic E-state index is 0.00384. The average Bonchev–Trinajstić information content (AvgIpc) is 2.44. The van der Waals surface area contributed by atoms with Crippen LogP contribution in [-0.4, -0.2) is 7.11 Å². The van der Waals surface area contributed by atoms with Crippen molar-refractivity contribution in [1.82, 2.24) is 5.43 Å². The summed E-state index contributed by atoms with van der Waals surface area (Å²) in [5.41, 5.74) is 1.88. The monoisotopic (exact) mass is 282 g/mol. The number of halogens is 3. The highest BCUT2D eigenvalue weighted by atomic mass is 19.1. The highest BCUT2D eigenvalue weighted by Crippen LogP contribution is 2.31. The molecule has 0 bridgehead atoms. The summed E-state index contributed by atoms with van der Waals surface area (Å²) in [5, 5.41) is 0. The fraction of sp³-hybridized carbons (Fsp3) is 0.143. The van der Waals surface area contributed by atoms with E-state index in [1.165, 1.54) is 31.4 Å². The van der Waals surface area contributed by atoms with Crippen molar-refractivity contribution in [1.29, 1.82) is 0 Å². The smallest absolute Gasteiger partial charge is 0.170 e. The van der Waals surface area contributed by atoms with Gasteiger partial charge in [-0.15, -0.1) is 0 Å². The van der Waals surface area contributed by atoms with Gasteiger partial charge >= 0.3 is 0 Å². The molecule has 1 atom stereocenters. The lowest BCUT2D eigenvalue weighted by Crippen LogP contribution is -2.31. The maximum Gasteiger partial charge on any atom is 0.170 e. The lowest BCUT2D eigenvalue weighted by atomic mass is 9.97. The van der Waals surface area contributed by atoms with Gasteiger partial charge < -0.3 is 4.74 Å². The summed E-state index contributed by atoms with van der Waals surface area (Å²) >= 11 is 0. The molecule has 1 unspecified atom stereocenters. The molecule has 0 saturated heterocycles. The van der Waals surface area contributed by atoms with E-state index in [2.05, 4.69) is 5.43 Å². The van der Waals surface area contributed by atoms with Crippen LogP contribution in [0, 0.1) is 17.5 Å². The van der Waals surface area contributed by atoms with Gasteiger partial charge in [0.2, 0.25) is 0 Å². The Balaban J connectivity index is 2.59. The summed E-state index contributed by atoms with van der Waals surface area (Å²) in [7, 11) is 1.30. The average molecular weight is 282 g/mol. The van der Waals surface area contributed by atoms with Gasteiger partial charge in [0.1, 0.15) is 11.6 Å². The molecule has 3 nitrogen and oxygen atoms in total. The largest absolute Gasteiger partial charge is 0.494 e. The number of nitrogens with one attached hydrogen (secondary N) is 1. The predicted molar refractivity (Wildman–Crippen MR) is 68.5 cm³/mol. The topological polar surface area (TPSA) is 47.3 Å². The molecule has 0 aromatic heterocycles. The first-order valence-corrected chi connectivity index (χ1v) is 5.82.